The highest BCUT2D eigenvalue weighted by Gasteiger charge is 2.54. The molecule has 1 saturated carbocycles. The largest absolute Gasteiger partial charge is 0.472 e. The molecule has 0 saturated heterocycles. The SMILES string of the molecule is CCCCC/C=C\C/C=C\C/C=C\C/C=C\CCCCCC(=O)O[C@H](COC(=O)CCC/C=C/C=C\C(O)C/C=C\C/C=C\CCCCC)COP(=O)(O)O[C@H]1C(O)C(O)C(O)[C@@H](OP(=O)(O)O)C1O. The summed E-state index contributed by atoms with van der Waals surface area (Å²) in [5.74, 6) is -1.38. The van der Waals surface area contributed by atoms with Crippen molar-refractivity contribution in [2.24, 2.45) is 0 Å². The van der Waals surface area contributed by atoms with Crippen molar-refractivity contribution in [2.45, 2.75) is 198 Å². The molecule has 0 aliphatic heterocycles. The van der Waals surface area contributed by atoms with E-state index in [1.807, 2.05) is 18.2 Å². The maximum atomic E-state index is 13.0. The van der Waals surface area contributed by atoms with Gasteiger partial charge in [0.2, 0.25) is 0 Å². The summed E-state index contributed by atoms with van der Waals surface area (Å²) in [4.78, 5) is 54.3. The Balaban J connectivity index is 2.68. The minimum Gasteiger partial charge on any atom is -0.462 e. The molecule has 1 fully saturated rings. The van der Waals surface area contributed by atoms with Crippen LogP contribution in [0.4, 0.5) is 0 Å². The summed E-state index contributed by atoms with van der Waals surface area (Å²) in [6.07, 6.45) is 33.8. The van der Waals surface area contributed by atoms with Crippen LogP contribution >= 0.6 is 15.6 Å². The number of phosphoric ester groups is 2. The number of hydrogen-bond donors (Lipinski definition) is 8. The lowest BCUT2D eigenvalue weighted by Crippen LogP contribution is -2.64. The number of phosphoric acid groups is 2. The van der Waals surface area contributed by atoms with E-state index in [0.717, 1.165) is 51.4 Å². The van der Waals surface area contributed by atoms with Gasteiger partial charge < -0.3 is 49.7 Å². The molecule has 0 aromatic carbocycles. The molecular weight excluding hydrogens is 946 g/mol. The monoisotopic (exact) mass is 1030 g/mol. The van der Waals surface area contributed by atoms with Crippen LogP contribution in [-0.4, -0.2) is 114 Å². The highest BCUT2D eigenvalue weighted by molar-refractivity contribution is 7.47. The molecule has 17 nitrogen and oxygen atoms in total. The maximum Gasteiger partial charge on any atom is 0.472 e. The first-order valence-corrected chi connectivity index (χ1v) is 27.9. The van der Waals surface area contributed by atoms with Crippen LogP contribution in [0.5, 0.6) is 0 Å². The van der Waals surface area contributed by atoms with Gasteiger partial charge in [-0.3, -0.25) is 23.2 Å². The van der Waals surface area contributed by atoms with E-state index in [1.165, 1.54) is 38.5 Å². The molecule has 0 radical (unpaired) electrons. The Kier molecular flexibility index (Phi) is 37.4. The van der Waals surface area contributed by atoms with Crippen LogP contribution in [0, 0.1) is 0 Å². The molecule has 9 atom stereocenters. The van der Waals surface area contributed by atoms with Crippen molar-refractivity contribution in [3.05, 3.63) is 97.2 Å². The van der Waals surface area contributed by atoms with Gasteiger partial charge in [0.05, 0.1) is 12.7 Å². The standard InChI is InChI=1S/C51H84O17P2/c1-3-5-7-9-11-13-14-15-16-17-18-19-20-21-22-24-26-30-35-39-45(54)66-43(41-65-70(62,63)68-51-48(57)46(55)47(56)50(49(51)58)67-69(59,60)61)40-64-44(53)38-34-31-27-29-33-37-42(52)36-32-28-25-23-12-10-8-6-4-2/h11-13,15-16,18-19,21-23,27-29,32-33,37,42-43,46-52,55-58H,3-10,14,17,20,24-26,30-31,34-36,38-41H2,1-2H3,(H,62,63)(H2,59,60,61)/b13-11-,16-15-,19-18-,22-21-,23-12-,29-27+,32-28-,37-33-/t42?,43-,46?,47?,48?,49?,50-,51+/m1/s1. The number of aliphatic hydroxyl groups excluding tert-OH is 5. The molecule has 400 valence electrons. The molecular formula is C51H84O17P2. The Morgan fingerprint density at radius 3 is 1.56 bits per heavy atom. The summed E-state index contributed by atoms with van der Waals surface area (Å²) in [5, 5.41) is 51.4. The molecule has 1 rings (SSSR count). The zero-order chi connectivity index (χ0) is 51.9. The zero-order valence-electron chi connectivity index (χ0n) is 41.3. The summed E-state index contributed by atoms with van der Waals surface area (Å²) in [6.45, 7) is 2.90. The van der Waals surface area contributed by atoms with E-state index < -0.39 is 89.6 Å². The van der Waals surface area contributed by atoms with E-state index in [-0.39, 0.29) is 12.8 Å². The van der Waals surface area contributed by atoms with Crippen LogP contribution < -0.4 is 0 Å². The number of carbonyl (C=O) groups is 2. The van der Waals surface area contributed by atoms with E-state index in [9.17, 15) is 58.9 Å². The number of allylic oxidation sites excluding steroid dienone is 14. The molecule has 0 aromatic rings. The van der Waals surface area contributed by atoms with Crippen molar-refractivity contribution in [2.75, 3.05) is 13.2 Å². The lowest BCUT2D eigenvalue weighted by Gasteiger charge is -2.43. The third-order valence-corrected chi connectivity index (χ3v) is 12.2. The molecule has 0 spiro atoms. The fourth-order valence-corrected chi connectivity index (χ4v) is 8.33. The topological polar surface area (TPSA) is 276 Å². The third kappa shape index (κ3) is 34.3. The van der Waals surface area contributed by atoms with Gasteiger partial charge in [0.25, 0.3) is 0 Å². The van der Waals surface area contributed by atoms with Gasteiger partial charge in [-0.15, -0.1) is 0 Å². The van der Waals surface area contributed by atoms with Crippen LogP contribution in [-0.2, 0) is 41.8 Å². The molecule has 6 unspecified atom stereocenters. The second-order valence-electron chi connectivity index (χ2n) is 17.0. The Morgan fingerprint density at radius 2 is 1.01 bits per heavy atom. The van der Waals surface area contributed by atoms with E-state index >= 15 is 0 Å². The van der Waals surface area contributed by atoms with E-state index in [2.05, 4.69) is 79.1 Å². The van der Waals surface area contributed by atoms with Gasteiger partial charge in [0, 0.05) is 12.8 Å². The fourth-order valence-electron chi connectivity index (χ4n) is 6.79. The molecule has 0 bridgehead atoms. The molecule has 19 heteroatoms. The van der Waals surface area contributed by atoms with E-state index in [0.29, 0.717) is 32.1 Å². The second-order valence-corrected chi connectivity index (χ2v) is 19.6. The Bertz CT molecular complexity index is 1730. The van der Waals surface area contributed by atoms with E-state index in [1.54, 1.807) is 18.2 Å². The lowest BCUT2D eigenvalue weighted by molar-refractivity contribution is -0.216. The number of unbranched alkanes of at least 4 members (excludes halogenated alkanes) is 10. The van der Waals surface area contributed by atoms with Crippen molar-refractivity contribution in [3.63, 3.8) is 0 Å². The predicted octanol–water partition coefficient (Wildman–Crippen LogP) is 8.92. The number of hydrogen-bond acceptors (Lipinski definition) is 14. The molecule has 0 amide bonds. The molecule has 0 aromatic heterocycles. The smallest absolute Gasteiger partial charge is 0.462 e. The van der Waals surface area contributed by atoms with Gasteiger partial charge in [-0.25, -0.2) is 9.13 Å². The summed E-state index contributed by atoms with van der Waals surface area (Å²) in [6, 6.07) is 0. The number of esters is 2. The normalized spacial score (nSPS) is 22.3. The van der Waals surface area contributed by atoms with Crippen molar-refractivity contribution < 1.29 is 82.0 Å². The Hall–Kier alpha value is -3.12. The first kappa shape index (κ1) is 64.9. The molecule has 70 heavy (non-hydrogen) atoms. The van der Waals surface area contributed by atoms with Gasteiger partial charge in [-0.2, -0.15) is 0 Å². The van der Waals surface area contributed by atoms with Crippen molar-refractivity contribution in [3.8, 4) is 0 Å². The molecule has 1 aliphatic carbocycles. The molecule has 8 N–H and O–H groups in total. The van der Waals surface area contributed by atoms with Gasteiger partial charge in [0.1, 0.15) is 43.2 Å². The summed E-state index contributed by atoms with van der Waals surface area (Å²) < 4.78 is 49.3. The average Bonchev–Trinajstić information content (AvgIpc) is 3.31. The zero-order valence-corrected chi connectivity index (χ0v) is 43.1. The van der Waals surface area contributed by atoms with Crippen LogP contribution in [0.15, 0.2) is 97.2 Å². The average molecular weight is 1030 g/mol. The van der Waals surface area contributed by atoms with Crippen molar-refractivity contribution >= 4 is 27.6 Å². The summed E-state index contributed by atoms with van der Waals surface area (Å²) in [5.41, 5.74) is 0. The van der Waals surface area contributed by atoms with Crippen LogP contribution in [0.25, 0.3) is 0 Å². The van der Waals surface area contributed by atoms with Crippen LogP contribution in [0.1, 0.15) is 149 Å². The van der Waals surface area contributed by atoms with Gasteiger partial charge >= 0.3 is 27.6 Å². The minimum absolute atomic E-state index is 0.0272. The third-order valence-electron chi connectivity index (χ3n) is 10.7. The minimum atomic E-state index is -5.39. The predicted molar refractivity (Wildman–Crippen MR) is 270 cm³/mol. The van der Waals surface area contributed by atoms with Crippen LogP contribution in [0.3, 0.4) is 0 Å². The molecule has 0 heterocycles. The second kappa shape index (κ2) is 40.4. The van der Waals surface area contributed by atoms with Crippen molar-refractivity contribution in [1.82, 2.24) is 0 Å². The van der Waals surface area contributed by atoms with Gasteiger partial charge in [-0.05, 0) is 89.9 Å². The lowest BCUT2D eigenvalue weighted by atomic mass is 9.85. The van der Waals surface area contributed by atoms with Crippen molar-refractivity contribution in [1.29, 1.82) is 0 Å². The summed E-state index contributed by atoms with van der Waals surface area (Å²) >= 11 is 0. The highest BCUT2D eigenvalue weighted by atomic mass is 31.2. The first-order chi connectivity index (χ1) is 33.5. The summed E-state index contributed by atoms with van der Waals surface area (Å²) in [7, 11) is -10.7. The number of aliphatic hydroxyl groups is 5. The molecule has 1 aliphatic rings. The number of ether oxygens (including phenoxy) is 2. The van der Waals surface area contributed by atoms with Crippen LogP contribution in [0.2, 0.25) is 0 Å². The maximum absolute atomic E-state index is 13.0. The number of carbonyl (C=O) groups excluding carboxylic acids is 2. The first-order valence-electron chi connectivity index (χ1n) is 24.9. The number of rotatable bonds is 40. The quantitative estimate of drug-likeness (QED) is 0.00935. The highest BCUT2D eigenvalue weighted by Crippen LogP contribution is 2.49. The van der Waals surface area contributed by atoms with Gasteiger partial charge in [0.15, 0.2) is 6.10 Å². The van der Waals surface area contributed by atoms with Gasteiger partial charge in [-0.1, -0.05) is 143 Å². The fraction of sp³-hybridized carbons (Fsp3) is 0.647. The Labute approximate surface area is 416 Å². The van der Waals surface area contributed by atoms with E-state index in [4.69, 9.17) is 18.5 Å². The Morgan fingerprint density at radius 1 is 0.529 bits per heavy atom.